The lowest BCUT2D eigenvalue weighted by atomic mass is 9.97. The van der Waals surface area contributed by atoms with Crippen molar-refractivity contribution in [2.75, 3.05) is 24.2 Å². The van der Waals surface area contributed by atoms with Gasteiger partial charge >= 0.3 is 0 Å². The van der Waals surface area contributed by atoms with Crippen LogP contribution in [-0.2, 0) is 13.5 Å². The largest absolute Gasteiger partial charge is 0.352 e. The highest BCUT2D eigenvalue weighted by atomic mass is 19.1. The van der Waals surface area contributed by atoms with Crippen LogP contribution in [0.15, 0.2) is 36.7 Å². The van der Waals surface area contributed by atoms with Crippen molar-refractivity contribution in [1.82, 2.24) is 19.7 Å². The van der Waals surface area contributed by atoms with Crippen molar-refractivity contribution in [2.24, 2.45) is 7.05 Å². The Balaban J connectivity index is 1.66. The average molecular weight is 380 g/mol. The topological polar surface area (TPSA) is 75.1 Å². The predicted molar refractivity (Wildman–Crippen MR) is 106 cm³/mol. The van der Waals surface area contributed by atoms with E-state index in [1.54, 1.807) is 28.8 Å². The number of hydrogen-bond acceptors (Lipinski definition) is 5. The van der Waals surface area contributed by atoms with E-state index in [1.165, 1.54) is 0 Å². The van der Waals surface area contributed by atoms with Gasteiger partial charge in [0, 0.05) is 32.9 Å². The molecule has 4 rings (SSSR count). The summed E-state index contributed by atoms with van der Waals surface area (Å²) < 4.78 is 16.1. The molecule has 28 heavy (non-hydrogen) atoms. The number of anilines is 4. The minimum Gasteiger partial charge on any atom is -0.352 e. The first-order valence-corrected chi connectivity index (χ1v) is 8.99. The van der Waals surface area contributed by atoms with Crippen molar-refractivity contribution in [3.63, 3.8) is 0 Å². The van der Waals surface area contributed by atoms with Crippen molar-refractivity contribution in [3.05, 3.63) is 59.3 Å². The molecule has 0 aliphatic carbocycles. The molecule has 7 nitrogen and oxygen atoms in total. The molecule has 2 aromatic heterocycles. The Hall–Kier alpha value is -3.42. The molecule has 1 aliphatic heterocycles. The van der Waals surface area contributed by atoms with E-state index in [0.29, 0.717) is 23.6 Å². The van der Waals surface area contributed by atoms with Gasteiger partial charge in [-0.25, -0.2) is 9.37 Å². The number of carbonyl (C=O) groups is 1. The quantitative estimate of drug-likeness (QED) is 0.726. The van der Waals surface area contributed by atoms with Gasteiger partial charge in [-0.1, -0.05) is 12.1 Å². The van der Waals surface area contributed by atoms with Crippen LogP contribution in [0, 0.1) is 12.7 Å². The molecule has 1 amide bonds. The average Bonchev–Trinajstić information content (AvgIpc) is 2.98. The third kappa shape index (κ3) is 3.28. The number of pyridine rings is 1. The van der Waals surface area contributed by atoms with Crippen LogP contribution in [0.5, 0.6) is 0 Å². The number of rotatable bonds is 4. The molecule has 1 aromatic carbocycles. The number of benzene rings is 1. The highest BCUT2D eigenvalue weighted by Gasteiger charge is 2.24. The van der Waals surface area contributed by atoms with E-state index in [2.05, 4.69) is 20.7 Å². The van der Waals surface area contributed by atoms with Crippen molar-refractivity contribution >= 4 is 28.8 Å². The number of amides is 1. The van der Waals surface area contributed by atoms with E-state index in [0.717, 1.165) is 29.6 Å². The Kier molecular flexibility index (Phi) is 4.46. The number of nitrogens with zero attached hydrogens (tertiary/aromatic N) is 4. The first kappa shape index (κ1) is 18.0. The number of hydrogen-bond donors (Lipinski definition) is 2. The number of halogens is 1. The summed E-state index contributed by atoms with van der Waals surface area (Å²) in [6.07, 6.45) is 3.76. The summed E-state index contributed by atoms with van der Waals surface area (Å²) in [6.45, 7) is 2.56. The second-order valence-electron chi connectivity index (χ2n) is 6.92. The molecule has 0 atom stereocenters. The van der Waals surface area contributed by atoms with Gasteiger partial charge in [0.15, 0.2) is 5.82 Å². The lowest BCUT2D eigenvalue weighted by molar-refractivity contribution is 0.0782. The Morgan fingerprint density at radius 2 is 1.96 bits per heavy atom. The molecular weight excluding hydrogens is 359 g/mol. The fourth-order valence-corrected chi connectivity index (χ4v) is 3.35. The lowest BCUT2D eigenvalue weighted by Gasteiger charge is -2.27. The second kappa shape index (κ2) is 6.95. The number of carbonyl (C=O) groups excluding carboxylic acids is 1. The molecule has 0 radical (unpaired) electrons. The maximum atomic E-state index is 14.4. The van der Waals surface area contributed by atoms with E-state index in [-0.39, 0.29) is 11.6 Å². The fourth-order valence-electron chi connectivity index (χ4n) is 3.35. The zero-order chi connectivity index (χ0) is 19.8. The number of likely N-dealkylation sites (N-methyl/N-ethyl adjacent to an activating group) is 1. The predicted octanol–water partition coefficient (Wildman–Crippen LogP) is 3.38. The SMILES string of the molecule is Cc1nn(C)cc1Nc1cc(Nc2cccc3c2C(=O)N(C)CC3)c(F)cn1. The summed E-state index contributed by atoms with van der Waals surface area (Å²) in [5.74, 6) is -0.0842. The van der Waals surface area contributed by atoms with Crippen LogP contribution in [0.4, 0.5) is 27.3 Å². The van der Waals surface area contributed by atoms with E-state index >= 15 is 0 Å². The molecular formula is C20H21FN6O. The van der Waals surface area contributed by atoms with Crippen LogP contribution >= 0.6 is 0 Å². The lowest BCUT2D eigenvalue weighted by Crippen LogP contribution is -2.34. The van der Waals surface area contributed by atoms with Gasteiger partial charge in [-0.3, -0.25) is 9.48 Å². The molecule has 3 heterocycles. The molecule has 0 saturated heterocycles. The van der Waals surface area contributed by atoms with Crippen molar-refractivity contribution in [1.29, 1.82) is 0 Å². The number of nitrogens with one attached hydrogen (secondary N) is 2. The summed E-state index contributed by atoms with van der Waals surface area (Å²) in [5, 5.41) is 10.5. The van der Waals surface area contributed by atoms with Gasteiger partial charge in [-0.05, 0) is 25.0 Å². The maximum absolute atomic E-state index is 14.4. The molecule has 0 fully saturated rings. The molecule has 8 heteroatoms. The van der Waals surface area contributed by atoms with Crippen molar-refractivity contribution < 1.29 is 9.18 Å². The molecule has 144 valence electrons. The summed E-state index contributed by atoms with van der Waals surface area (Å²) >= 11 is 0. The van der Waals surface area contributed by atoms with Gasteiger partial charge in [0.05, 0.1) is 34.5 Å². The first-order valence-electron chi connectivity index (χ1n) is 8.99. The van der Waals surface area contributed by atoms with E-state index < -0.39 is 5.82 Å². The zero-order valence-corrected chi connectivity index (χ0v) is 16.0. The highest BCUT2D eigenvalue weighted by Crippen LogP contribution is 2.30. The van der Waals surface area contributed by atoms with E-state index in [4.69, 9.17) is 0 Å². The van der Waals surface area contributed by atoms with Gasteiger partial charge in [-0.2, -0.15) is 5.10 Å². The number of aromatic nitrogens is 3. The van der Waals surface area contributed by atoms with E-state index in [1.807, 2.05) is 32.3 Å². The Labute approximate surface area is 162 Å². The second-order valence-corrected chi connectivity index (χ2v) is 6.92. The van der Waals surface area contributed by atoms with Gasteiger partial charge < -0.3 is 15.5 Å². The summed E-state index contributed by atoms with van der Waals surface area (Å²) in [7, 11) is 3.60. The maximum Gasteiger partial charge on any atom is 0.255 e. The number of aryl methyl sites for hydroxylation is 2. The molecule has 0 unspecified atom stereocenters. The normalized spacial score (nSPS) is 13.4. The van der Waals surface area contributed by atoms with Crippen LogP contribution < -0.4 is 10.6 Å². The molecule has 0 spiro atoms. The molecule has 0 saturated carbocycles. The monoisotopic (exact) mass is 380 g/mol. The standard InChI is InChI=1S/C20H21FN6O/c1-12-17(11-27(3)25-12)24-18-9-16(14(21)10-22-18)23-15-6-4-5-13-7-8-26(2)20(28)19(13)15/h4-6,9-11H,7-8H2,1-3H3,(H2,22,23,24). The summed E-state index contributed by atoms with van der Waals surface area (Å²) in [6, 6.07) is 7.18. The molecule has 2 N–H and O–H groups in total. The first-order chi connectivity index (χ1) is 13.4. The Morgan fingerprint density at radius 3 is 2.71 bits per heavy atom. The smallest absolute Gasteiger partial charge is 0.255 e. The molecule has 1 aliphatic rings. The van der Waals surface area contributed by atoms with Gasteiger partial charge in [-0.15, -0.1) is 0 Å². The minimum atomic E-state index is -0.498. The van der Waals surface area contributed by atoms with Crippen LogP contribution in [0.25, 0.3) is 0 Å². The van der Waals surface area contributed by atoms with Crippen LogP contribution in [-0.4, -0.2) is 39.2 Å². The highest BCUT2D eigenvalue weighted by molar-refractivity contribution is 6.02. The van der Waals surface area contributed by atoms with Crippen LogP contribution in [0.2, 0.25) is 0 Å². The van der Waals surface area contributed by atoms with Gasteiger partial charge in [0.2, 0.25) is 0 Å². The fraction of sp³-hybridized carbons (Fsp3) is 0.250. The summed E-state index contributed by atoms with van der Waals surface area (Å²) in [5.41, 5.74) is 3.99. The van der Waals surface area contributed by atoms with Gasteiger partial charge in [0.1, 0.15) is 5.82 Å². The van der Waals surface area contributed by atoms with Crippen LogP contribution in [0.3, 0.4) is 0 Å². The van der Waals surface area contributed by atoms with Crippen molar-refractivity contribution in [2.45, 2.75) is 13.3 Å². The zero-order valence-electron chi connectivity index (χ0n) is 16.0. The molecule has 0 bridgehead atoms. The third-order valence-corrected chi connectivity index (χ3v) is 4.83. The summed E-state index contributed by atoms with van der Waals surface area (Å²) in [4.78, 5) is 18.4. The molecule has 3 aromatic rings. The van der Waals surface area contributed by atoms with Gasteiger partial charge in [0.25, 0.3) is 5.91 Å². The Morgan fingerprint density at radius 1 is 1.14 bits per heavy atom. The minimum absolute atomic E-state index is 0.0665. The third-order valence-electron chi connectivity index (χ3n) is 4.83. The number of fused-ring (bicyclic) bond motifs is 1. The van der Waals surface area contributed by atoms with E-state index in [9.17, 15) is 9.18 Å². The van der Waals surface area contributed by atoms with Crippen LogP contribution in [0.1, 0.15) is 21.6 Å². The Bertz CT molecular complexity index is 1060. The van der Waals surface area contributed by atoms with Crippen molar-refractivity contribution in [3.8, 4) is 0 Å².